The van der Waals surface area contributed by atoms with Crippen LogP contribution in [0.1, 0.15) is 40.0 Å². The standard InChI is InChI=1S/C30H32F6N4O2S/c1-21-9-14-43-26(21)19-40(18-22-7-3-2-4-8-22)27(41)20-39(13-12-38-10-5-6-11-38)28(42)37-25-16-23(29(31,32)33)15-24(17-25)30(34,35)36/h2-4,7-9,14-17H,5-6,10-13,18-20H2,1H3,(H,37,42). The SMILES string of the molecule is Cc1ccsc1CN(Cc1ccccc1)C(=O)CN(CCN1CCCC1)C(=O)Nc1cc(C(F)(F)F)cc(C(F)(F)F)c1. The molecular weight excluding hydrogens is 594 g/mol. The van der Waals surface area contributed by atoms with Crippen molar-refractivity contribution in [2.45, 2.75) is 45.2 Å². The van der Waals surface area contributed by atoms with Gasteiger partial charge < -0.3 is 20.0 Å². The fourth-order valence-corrected chi connectivity index (χ4v) is 5.71. The molecule has 6 nitrogen and oxygen atoms in total. The summed E-state index contributed by atoms with van der Waals surface area (Å²) < 4.78 is 80.4. The summed E-state index contributed by atoms with van der Waals surface area (Å²) in [7, 11) is 0. The molecule has 1 saturated heterocycles. The second-order valence-electron chi connectivity index (χ2n) is 10.5. The molecule has 43 heavy (non-hydrogen) atoms. The Morgan fingerprint density at radius 2 is 1.51 bits per heavy atom. The molecule has 0 saturated carbocycles. The van der Waals surface area contributed by atoms with Crippen LogP contribution in [0.25, 0.3) is 0 Å². The van der Waals surface area contributed by atoms with Crippen LogP contribution < -0.4 is 5.32 Å². The van der Waals surface area contributed by atoms with Crippen molar-refractivity contribution in [2.75, 3.05) is 38.0 Å². The Morgan fingerprint density at radius 1 is 0.884 bits per heavy atom. The molecule has 1 aromatic heterocycles. The van der Waals surface area contributed by atoms with Crippen molar-refractivity contribution in [1.29, 1.82) is 0 Å². The summed E-state index contributed by atoms with van der Waals surface area (Å²) in [6.45, 7) is 4.09. The Bertz CT molecular complexity index is 1360. The summed E-state index contributed by atoms with van der Waals surface area (Å²) in [5.74, 6) is -0.409. The van der Waals surface area contributed by atoms with E-state index in [1.807, 2.05) is 48.7 Å². The van der Waals surface area contributed by atoms with Crippen molar-refractivity contribution >= 4 is 29.0 Å². The van der Waals surface area contributed by atoms with Gasteiger partial charge in [0.2, 0.25) is 5.91 Å². The first-order valence-electron chi connectivity index (χ1n) is 13.7. The van der Waals surface area contributed by atoms with Gasteiger partial charge >= 0.3 is 18.4 Å². The summed E-state index contributed by atoms with van der Waals surface area (Å²) in [5, 5.41) is 4.10. The zero-order valence-electron chi connectivity index (χ0n) is 23.5. The van der Waals surface area contributed by atoms with Crippen molar-refractivity contribution in [3.8, 4) is 0 Å². The maximum Gasteiger partial charge on any atom is 0.416 e. The van der Waals surface area contributed by atoms with E-state index in [4.69, 9.17) is 0 Å². The van der Waals surface area contributed by atoms with Gasteiger partial charge in [-0.05, 0) is 73.6 Å². The third-order valence-corrected chi connectivity index (χ3v) is 8.22. The Kier molecular flexibility index (Phi) is 10.4. The number of anilines is 1. The topological polar surface area (TPSA) is 55.9 Å². The lowest BCUT2D eigenvalue weighted by Crippen LogP contribution is -2.46. The summed E-state index contributed by atoms with van der Waals surface area (Å²) in [4.78, 5) is 32.9. The van der Waals surface area contributed by atoms with E-state index in [1.165, 1.54) is 11.3 Å². The van der Waals surface area contributed by atoms with Crippen molar-refractivity contribution in [3.05, 3.63) is 87.1 Å². The predicted molar refractivity (Wildman–Crippen MR) is 152 cm³/mol. The van der Waals surface area contributed by atoms with Gasteiger partial charge in [-0.25, -0.2) is 4.79 Å². The molecule has 0 aliphatic carbocycles. The van der Waals surface area contributed by atoms with Gasteiger partial charge in [0.25, 0.3) is 0 Å². The average Bonchev–Trinajstić information content (AvgIpc) is 3.61. The van der Waals surface area contributed by atoms with E-state index in [0.29, 0.717) is 18.7 Å². The lowest BCUT2D eigenvalue weighted by Gasteiger charge is -2.29. The van der Waals surface area contributed by atoms with E-state index in [0.717, 1.165) is 46.8 Å². The van der Waals surface area contributed by atoms with Gasteiger partial charge in [-0.15, -0.1) is 11.3 Å². The number of rotatable bonds is 10. The molecule has 0 radical (unpaired) electrons. The maximum atomic E-state index is 13.7. The zero-order valence-corrected chi connectivity index (χ0v) is 24.3. The predicted octanol–water partition coefficient (Wildman–Crippen LogP) is 7.25. The van der Waals surface area contributed by atoms with Gasteiger partial charge in [0.05, 0.1) is 17.7 Å². The minimum absolute atomic E-state index is 0.00164. The smallest absolute Gasteiger partial charge is 0.332 e. The monoisotopic (exact) mass is 626 g/mol. The van der Waals surface area contributed by atoms with Crippen LogP contribution in [0.2, 0.25) is 0 Å². The molecule has 2 heterocycles. The number of nitrogens with zero attached hydrogens (tertiary/aromatic N) is 3. The molecule has 1 fully saturated rings. The fraction of sp³-hybridized carbons (Fsp3) is 0.400. The molecule has 1 aliphatic heterocycles. The third-order valence-electron chi connectivity index (χ3n) is 7.21. The third kappa shape index (κ3) is 9.20. The molecule has 13 heteroatoms. The minimum Gasteiger partial charge on any atom is -0.332 e. The first kappa shape index (κ1) is 32.3. The van der Waals surface area contributed by atoms with E-state index in [1.54, 1.807) is 4.90 Å². The molecule has 0 atom stereocenters. The van der Waals surface area contributed by atoms with Crippen LogP contribution in [-0.2, 0) is 30.2 Å². The van der Waals surface area contributed by atoms with Crippen LogP contribution in [-0.4, -0.2) is 59.4 Å². The van der Waals surface area contributed by atoms with E-state index in [9.17, 15) is 35.9 Å². The van der Waals surface area contributed by atoms with Gasteiger partial charge in [0.15, 0.2) is 0 Å². The van der Waals surface area contributed by atoms with E-state index in [-0.39, 0.29) is 25.7 Å². The Labute approximate surface area is 249 Å². The van der Waals surface area contributed by atoms with Gasteiger partial charge in [0, 0.05) is 30.2 Å². The van der Waals surface area contributed by atoms with Gasteiger partial charge in [-0.3, -0.25) is 4.79 Å². The second kappa shape index (κ2) is 13.8. The Balaban J connectivity index is 1.58. The van der Waals surface area contributed by atoms with Crippen molar-refractivity contribution < 1.29 is 35.9 Å². The highest BCUT2D eigenvalue weighted by Crippen LogP contribution is 2.37. The number of carbonyl (C=O) groups is 2. The number of benzene rings is 2. The maximum absolute atomic E-state index is 13.7. The summed E-state index contributed by atoms with van der Waals surface area (Å²) in [5.41, 5.74) is -1.89. The number of halogens is 6. The molecule has 2 aromatic carbocycles. The molecule has 0 unspecified atom stereocenters. The molecule has 1 aliphatic rings. The zero-order chi connectivity index (χ0) is 31.2. The normalized spacial score (nSPS) is 14.1. The van der Waals surface area contributed by atoms with E-state index in [2.05, 4.69) is 10.2 Å². The number of likely N-dealkylation sites (tertiary alicyclic amines) is 1. The highest BCUT2D eigenvalue weighted by Gasteiger charge is 2.37. The molecular formula is C30H32F6N4O2S. The second-order valence-corrected chi connectivity index (χ2v) is 11.5. The number of nitrogens with one attached hydrogen (secondary N) is 1. The van der Waals surface area contributed by atoms with Crippen molar-refractivity contribution in [3.63, 3.8) is 0 Å². The van der Waals surface area contributed by atoms with Crippen LogP contribution >= 0.6 is 11.3 Å². The lowest BCUT2D eigenvalue weighted by atomic mass is 10.1. The van der Waals surface area contributed by atoms with Gasteiger partial charge in [0.1, 0.15) is 6.54 Å². The van der Waals surface area contributed by atoms with Crippen LogP contribution in [0.3, 0.4) is 0 Å². The van der Waals surface area contributed by atoms with Gasteiger partial charge in [-0.1, -0.05) is 30.3 Å². The number of aryl methyl sites for hydroxylation is 1. The minimum atomic E-state index is -5.07. The van der Waals surface area contributed by atoms with E-state index >= 15 is 0 Å². The number of urea groups is 1. The average molecular weight is 627 g/mol. The summed E-state index contributed by atoms with van der Waals surface area (Å²) in [6, 6.07) is 11.1. The lowest BCUT2D eigenvalue weighted by molar-refractivity contribution is -0.143. The molecule has 3 aromatic rings. The highest BCUT2D eigenvalue weighted by atomic mass is 32.1. The molecule has 1 N–H and O–H groups in total. The largest absolute Gasteiger partial charge is 0.416 e. The molecule has 0 spiro atoms. The Morgan fingerprint density at radius 3 is 2.07 bits per heavy atom. The summed E-state index contributed by atoms with van der Waals surface area (Å²) >= 11 is 1.49. The van der Waals surface area contributed by atoms with Crippen LogP contribution in [0, 0.1) is 6.92 Å². The number of thiophene rings is 1. The van der Waals surface area contributed by atoms with Crippen molar-refractivity contribution in [1.82, 2.24) is 14.7 Å². The van der Waals surface area contributed by atoms with Crippen molar-refractivity contribution in [2.24, 2.45) is 0 Å². The molecule has 232 valence electrons. The fourth-order valence-electron chi connectivity index (χ4n) is 4.79. The van der Waals surface area contributed by atoms with Crippen LogP contribution in [0.5, 0.6) is 0 Å². The van der Waals surface area contributed by atoms with E-state index < -0.39 is 47.6 Å². The Hall–Kier alpha value is -3.58. The number of alkyl halides is 6. The first-order valence-corrected chi connectivity index (χ1v) is 14.6. The highest BCUT2D eigenvalue weighted by molar-refractivity contribution is 7.10. The number of hydrogen-bond donors (Lipinski definition) is 1. The molecule has 4 rings (SSSR count). The van der Waals surface area contributed by atoms with Crippen LogP contribution in [0.15, 0.2) is 60.0 Å². The molecule has 0 bridgehead atoms. The first-order chi connectivity index (χ1) is 20.3. The number of carbonyl (C=O) groups excluding carboxylic acids is 2. The number of amides is 3. The summed E-state index contributed by atoms with van der Waals surface area (Å²) in [6.07, 6.45) is -8.19. The quantitative estimate of drug-likeness (QED) is 0.241. The van der Waals surface area contributed by atoms with Crippen LogP contribution in [0.4, 0.5) is 36.8 Å². The number of hydrogen-bond acceptors (Lipinski definition) is 4. The molecule has 3 amide bonds. The van der Waals surface area contributed by atoms with Gasteiger partial charge in [-0.2, -0.15) is 26.3 Å².